The van der Waals surface area contributed by atoms with Crippen LogP contribution < -0.4 is 0 Å². The van der Waals surface area contributed by atoms with Crippen LogP contribution in [0.4, 0.5) is 0 Å². The molecule has 1 saturated heterocycles. The van der Waals surface area contributed by atoms with Crippen LogP contribution in [0.25, 0.3) is 5.57 Å². The fourth-order valence-corrected chi connectivity index (χ4v) is 4.74. The fourth-order valence-electron chi connectivity index (χ4n) is 4.55. The van der Waals surface area contributed by atoms with Crippen molar-refractivity contribution in [3.8, 4) is 0 Å². The summed E-state index contributed by atoms with van der Waals surface area (Å²) >= 11 is 6.30. The highest BCUT2D eigenvalue weighted by molar-refractivity contribution is 6.30. The van der Waals surface area contributed by atoms with E-state index in [9.17, 15) is 5.11 Å². The second-order valence-corrected chi connectivity index (χ2v) is 8.01. The number of aromatic nitrogens is 1. The molecule has 2 aliphatic rings. The fraction of sp³-hybridized carbons (Fsp3) is 0.435. The van der Waals surface area contributed by atoms with Crippen LogP contribution in [0, 0.1) is 0 Å². The lowest BCUT2D eigenvalue weighted by Crippen LogP contribution is -2.41. The molecule has 0 amide bonds. The summed E-state index contributed by atoms with van der Waals surface area (Å²) in [4.78, 5) is 7.23. The van der Waals surface area contributed by atoms with E-state index in [1.807, 2.05) is 18.3 Å². The number of benzene rings is 1. The number of fused-ring (bicyclic) bond motifs is 2. The molecule has 1 N–H and O–H groups in total. The standard InChI is InChI=1S/C23H27ClN2O/c1-2-20(15-27)26-12-9-16(10-13-26)22-21-8-7-19(24)14-18(21)6-5-17-4-3-11-25-23(17)22/h3-4,7-8,11,14,20,27H,2,5-6,9-10,12-13,15H2,1H3/t20-/m0/s1. The Hall–Kier alpha value is -1.68. The Labute approximate surface area is 166 Å². The Balaban J connectivity index is 1.77. The number of aliphatic hydroxyl groups excluding tert-OH is 1. The number of piperidine rings is 1. The third kappa shape index (κ3) is 3.69. The van der Waals surface area contributed by atoms with E-state index in [0.717, 1.165) is 55.9 Å². The Bertz CT molecular complexity index is 847. The minimum atomic E-state index is 0.244. The summed E-state index contributed by atoms with van der Waals surface area (Å²) in [6.07, 6.45) is 6.97. The van der Waals surface area contributed by atoms with Crippen molar-refractivity contribution in [2.75, 3.05) is 19.7 Å². The molecular formula is C23H27ClN2O. The lowest BCUT2D eigenvalue weighted by molar-refractivity contribution is 0.112. The number of aryl methyl sites for hydroxylation is 2. The topological polar surface area (TPSA) is 36.4 Å². The number of halogens is 1. The van der Waals surface area contributed by atoms with E-state index in [2.05, 4.69) is 30.0 Å². The molecule has 1 aromatic carbocycles. The first-order chi connectivity index (χ1) is 13.2. The number of hydrogen-bond donors (Lipinski definition) is 1. The Morgan fingerprint density at radius 3 is 2.63 bits per heavy atom. The van der Waals surface area contributed by atoms with Crippen molar-refractivity contribution >= 4 is 17.2 Å². The minimum Gasteiger partial charge on any atom is -0.395 e. The van der Waals surface area contributed by atoms with E-state index in [-0.39, 0.29) is 12.6 Å². The van der Waals surface area contributed by atoms with Gasteiger partial charge in [0.25, 0.3) is 0 Å². The quantitative estimate of drug-likeness (QED) is 0.848. The van der Waals surface area contributed by atoms with Gasteiger partial charge in [-0.2, -0.15) is 0 Å². The summed E-state index contributed by atoms with van der Waals surface area (Å²) in [6.45, 7) is 4.40. The number of likely N-dealkylation sites (tertiary alicyclic amines) is 1. The summed E-state index contributed by atoms with van der Waals surface area (Å²) in [5.74, 6) is 0. The molecule has 1 atom stereocenters. The van der Waals surface area contributed by atoms with Gasteiger partial charge in [0, 0.05) is 35.9 Å². The molecule has 3 nitrogen and oxygen atoms in total. The Morgan fingerprint density at radius 2 is 1.89 bits per heavy atom. The molecule has 1 fully saturated rings. The predicted molar refractivity (Wildman–Crippen MR) is 111 cm³/mol. The molecule has 2 aromatic rings. The van der Waals surface area contributed by atoms with Crippen LogP contribution in [0.1, 0.15) is 48.6 Å². The SMILES string of the molecule is CC[C@@H](CO)N1CCC(=C2c3ccc(Cl)cc3CCc3cccnc32)CC1. The molecule has 0 saturated carbocycles. The Kier molecular flexibility index (Phi) is 5.63. The first-order valence-electron chi connectivity index (χ1n) is 10.0. The van der Waals surface area contributed by atoms with Crippen LogP contribution in [0.3, 0.4) is 0 Å². The Morgan fingerprint density at radius 1 is 1.11 bits per heavy atom. The smallest absolute Gasteiger partial charge is 0.0739 e. The first kappa shape index (κ1) is 18.7. The highest BCUT2D eigenvalue weighted by Gasteiger charge is 2.26. The molecule has 0 spiro atoms. The first-order valence-corrected chi connectivity index (χ1v) is 10.4. The van der Waals surface area contributed by atoms with Gasteiger partial charge >= 0.3 is 0 Å². The van der Waals surface area contributed by atoms with Crippen molar-refractivity contribution in [2.24, 2.45) is 0 Å². The molecule has 1 aliphatic heterocycles. The van der Waals surface area contributed by atoms with Crippen molar-refractivity contribution in [1.82, 2.24) is 9.88 Å². The maximum absolute atomic E-state index is 9.64. The number of nitrogens with zero attached hydrogens (tertiary/aromatic N) is 2. The second-order valence-electron chi connectivity index (χ2n) is 7.57. The highest BCUT2D eigenvalue weighted by atomic mass is 35.5. The van der Waals surface area contributed by atoms with Crippen molar-refractivity contribution in [1.29, 1.82) is 0 Å². The van der Waals surface area contributed by atoms with Crippen LogP contribution in [-0.2, 0) is 12.8 Å². The van der Waals surface area contributed by atoms with Gasteiger partial charge in [-0.15, -0.1) is 0 Å². The number of rotatable bonds is 3. The van der Waals surface area contributed by atoms with Crippen molar-refractivity contribution in [3.63, 3.8) is 0 Å². The number of aliphatic hydroxyl groups is 1. The van der Waals surface area contributed by atoms with Crippen molar-refractivity contribution < 1.29 is 5.11 Å². The van der Waals surface area contributed by atoms with Gasteiger partial charge in [0.15, 0.2) is 0 Å². The van der Waals surface area contributed by atoms with Gasteiger partial charge in [-0.25, -0.2) is 0 Å². The molecule has 4 heteroatoms. The summed E-state index contributed by atoms with van der Waals surface area (Å²) in [6, 6.07) is 10.8. The molecule has 0 bridgehead atoms. The van der Waals surface area contributed by atoms with Crippen molar-refractivity contribution in [2.45, 2.75) is 45.1 Å². The monoisotopic (exact) mass is 382 g/mol. The van der Waals surface area contributed by atoms with Gasteiger partial charge in [-0.3, -0.25) is 9.88 Å². The maximum Gasteiger partial charge on any atom is 0.0739 e. The third-order valence-corrected chi connectivity index (χ3v) is 6.32. The van der Waals surface area contributed by atoms with Crippen LogP contribution in [0.5, 0.6) is 0 Å². The molecule has 2 heterocycles. The van der Waals surface area contributed by atoms with Crippen LogP contribution >= 0.6 is 11.6 Å². The van der Waals surface area contributed by atoms with E-state index in [1.165, 1.54) is 27.8 Å². The summed E-state index contributed by atoms with van der Waals surface area (Å²) in [5, 5.41) is 10.4. The molecule has 0 radical (unpaired) electrons. The predicted octanol–water partition coefficient (Wildman–Crippen LogP) is 4.50. The van der Waals surface area contributed by atoms with E-state index in [4.69, 9.17) is 16.6 Å². The average molecular weight is 383 g/mol. The zero-order valence-electron chi connectivity index (χ0n) is 15.9. The second kappa shape index (κ2) is 8.14. The summed E-state index contributed by atoms with van der Waals surface area (Å²) in [5.41, 5.74) is 7.92. The van der Waals surface area contributed by atoms with E-state index < -0.39 is 0 Å². The molecule has 1 aliphatic carbocycles. The molecule has 27 heavy (non-hydrogen) atoms. The summed E-state index contributed by atoms with van der Waals surface area (Å²) in [7, 11) is 0. The van der Waals surface area contributed by atoms with Crippen LogP contribution in [0.15, 0.2) is 42.1 Å². The van der Waals surface area contributed by atoms with Crippen LogP contribution in [-0.4, -0.2) is 40.7 Å². The van der Waals surface area contributed by atoms with Gasteiger partial charge < -0.3 is 5.11 Å². The average Bonchev–Trinajstić information content (AvgIpc) is 2.86. The van der Waals surface area contributed by atoms with Gasteiger partial charge in [-0.1, -0.05) is 36.2 Å². The number of pyridine rings is 1. The molecule has 0 unspecified atom stereocenters. The zero-order valence-corrected chi connectivity index (χ0v) is 16.7. The number of hydrogen-bond acceptors (Lipinski definition) is 3. The van der Waals surface area contributed by atoms with E-state index in [0.29, 0.717) is 0 Å². The molecule has 1 aromatic heterocycles. The molecule has 4 rings (SSSR count). The summed E-state index contributed by atoms with van der Waals surface area (Å²) < 4.78 is 0. The normalized spacial score (nSPS) is 18.6. The minimum absolute atomic E-state index is 0.244. The lowest BCUT2D eigenvalue weighted by Gasteiger charge is -2.35. The van der Waals surface area contributed by atoms with Crippen LogP contribution in [0.2, 0.25) is 5.02 Å². The highest BCUT2D eigenvalue weighted by Crippen LogP contribution is 2.38. The molecular weight excluding hydrogens is 356 g/mol. The van der Waals surface area contributed by atoms with E-state index >= 15 is 0 Å². The third-order valence-electron chi connectivity index (χ3n) is 6.08. The van der Waals surface area contributed by atoms with E-state index in [1.54, 1.807) is 0 Å². The van der Waals surface area contributed by atoms with Gasteiger partial charge in [-0.05, 0) is 67.0 Å². The zero-order chi connectivity index (χ0) is 18.8. The lowest BCUT2D eigenvalue weighted by atomic mass is 9.88. The molecule has 142 valence electrons. The van der Waals surface area contributed by atoms with Gasteiger partial charge in [0.05, 0.1) is 12.3 Å². The van der Waals surface area contributed by atoms with Gasteiger partial charge in [0.1, 0.15) is 0 Å². The van der Waals surface area contributed by atoms with Crippen molar-refractivity contribution in [3.05, 3.63) is 69.5 Å². The largest absolute Gasteiger partial charge is 0.395 e. The maximum atomic E-state index is 9.64. The van der Waals surface area contributed by atoms with Gasteiger partial charge in [0.2, 0.25) is 0 Å².